The van der Waals surface area contributed by atoms with Gasteiger partial charge in [0.2, 0.25) is 0 Å². The van der Waals surface area contributed by atoms with Crippen molar-refractivity contribution in [2.75, 3.05) is 18.5 Å². The third-order valence-corrected chi connectivity index (χ3v) is 6.68. The molecule has 0 saturated heterocycles. The normalized spacial score (nSPS) is 10.9. The van der Waals surface area contributed by atoms with E-state index < -0.39 is 5.97 Å². The van der Waals surface area contributed by atoms with Crippen LogP contribution >= 0.6 is 27.3 Å². The molecule has 7 heteroatoms. The number of rotatable bonds is 8. The summed E-state index contributed by atoms with van der Waals surface area (Å²) < 4.78 is 12.1. The molecule has 3 rings (SSSR count). The highest BCUT2D eigenvalue weighted by molar-refractivity contribution is 9.10. The van der Waals surface area contributed by atoms with Gasteiger partial charge in [0.15, 0.2) is 6.61 Å². The maximum absolute atomic E-state index is 12.8. The molecular formula is C26H28BrNO4S. The second-order valence-electron chi connectivity index (χ2n) is 8.05. The molecule has 3 aromatic rings. The number of carbonyl (C=O) groups excluding carboxylic acids is 2. The van der Waals surface area contributed by atoms with Crippen LogP contribution in [0.3, 0.4) is 0 Å². The highest BCUT2D eigenvalue weighted by Gasteiger charge is 2.23. The average Bonchev–Trinajstić information content (AvgIpc) is 3.18. The van der Waals surface area contributed by atoms with E-state index in [1.54, 1.807) is 6.92 Å². The first kappa shape index (κ1) is 25.0. The number of nitrogens with one attached hydrogen (secondary N) is 1. The number of thiophene rings is 1. The van der Waals surface area contributed by atoms with Crippen LogP contribution in [-0.4, -0.2) is 25.1 Å². The summed E-state index contributed by atoms with van der Waals surface area (Å²) in [4.78, 5) is 25.5. The molecule has 1 heterocycles. The van der Waals surface area contributed by atoms with Crippen LogP contribution in [0.4, 0.5) is 5.00 Å². The Morgan fingerprint density at radius 1 is 1.09 bits per heavy atom. The lowest BCUT2D eigenvalue weighted by Crippen LogP contribution is -2.21. The van der Waals surface area contributed by atoms with Gasteiger partial charge in [-0.3, -0.25) is 4.79 Å². The molecule has 0 aliphatic carbocycles. The van der Waals surface area contributed by atoms with E-state index in [2.05, 4.69) is 35.1 Å². The Bertz CT molecular complexity index is 1170. The van der Waals surface area contributed by atoms with Gasteiger partial charge in [0.1, 0.15) is 16.3 Å². The first-order valence-electron chi connectivity index (χ1n) is 10.8. The molecular weight excluding hydrogens is 502 g/mol. The molecule has 0 fully saturated rings. The zero-order valence-corrected chi connectivity index (χ0v) is 21.9. The van der Waals surface area contributed by atoms with Crippen molar-refractivity contribution < 1.29 is 19.1 Å². The third kappa shape index (κ3) is 6.03. The number of ether oxygens (including phenoxy) is 2. The molecule has 0 saturated carbocycles. The van der Waals surface area contributed by atoms with Crippen molar-refractivity contribution in [3.8, 4) is 16.9 Å². The van der Waals surface area contributed by atoms with E-state index in [0.29, 0.717) is 16.3 Å². The Hall–Kier alpha value is -2.64. The minimum absolute atomic E-state index is 0.166. The van der Waals surface area contributed by atoms with Crippen LogP contribution in [0.1, 0.15) is 53.7 Å². The van der Waals surface area contributed by atoms with Crippen molar-refractivity contribution in [3.05, 3.63) is 68.5 Å². The minimum atomic E-state index is -0.460. The monoisotopic (exact) mass is 529 g/mol. The van der Waals surface area contributed by atoms with Crippen LogP contribution in [0.25, 0.3) is 11.1 Å². The zero-order chi connectivity index (χ0) is 24.1. The summed E-state index contributed by atoms with van der Waals surface area (Å²) in [5.74, 6) is 0.106. The number of amides is 1. The van der Waals surface area contributed by atoms with Gasteiger partial charge in [-0.25, -0.2) is 4.79 Å². The largest absolute Gasteiger partial charge is 0.483 e. The fourth-order valence-corrected chi connectivity index (χ4v) is 4.74. The first-order chi connectivity index (χ1) is 15.7. The van der Waals surface area contributed by atoms with Gasteiger partial charge in [0.05, 0.1) is 6.61 Å². The molecule has 0 unspecified atom stereocenters. The van der Waals surface area contributed by atoms with E-state index in [1.165, 1.54) is 16.9 Å². The van der Waals surface area contributed by atoms with E-state index in [4.69, 9.17) is 9.47 Å². The number of anilines is 1. The van der Waals surface area contributed by atoms with E-state index >= 15 is 0 Å². The molecule has 2 aromatic carbocycles. The van der Waals surface area contributed by atoms with E-state index in [1.807, 2.05) is 55.6 Å². The van der Waals surface area contributed by atoms with Crippen molar-refractivity contribution in [2.45, 2.75) is 40.5 Å². The van der Waals surface area contributed by atoms with Crippen LogP contribution in [0.2, 0.25) is 0 Å². The maximum Gasteiger partial charge on any atom is 0.341 e. The van der Waals surface area contributed by atoms with Crippen molar-refractivity contribution in [1.82, 2.24) is 0 Å². The lowest BCUT2D eigenvalue weighted by atomic mass is 9.99. The molecule has 5 nitrogen and oxygen atoms in total. The molecule has 0 radical (unpaired) electrons. The van der Waals surface area contributed by atoms with Gasteiger partial charge in [-0.2, -0.15) is 0 Å². The topological polar surface area (TPSA) is 64.6 Å². The maximum atomic E-state index is 12.8. The lowest BCUT2D eigenvalue weighted by Gasteiger charge is -2.14. The van der Waals surface area contributed by atoms with Gasteiger partial charge in [-0.15, -0.1) is 11.3 Å². The first-order valence-corrected chi connectivity index (χ1v) is 12.5. The number of hydrogen-bond donors (Lipinski definition) is 1. The number of hydrogen-bond acceptors (Lipinski definition) is 5. The summed E-state index contributed by atoms with van der Waals surface area (Å²) in [5, 5.41) is 5.17. The van der Waals surface area contributed by atoms with Gasteiger partial charge in [0.25, 0.3) is 5.91 Å². The lowest BCUT2D eigenvalue weighted by molar-refractivity contribution is -0.118. The molecule has 1 aromatic heterocycles. The minimum Gasteiger partial charge on any atom is -0.483 e. The summed E-state index contributed by atoms with van der Waals surface area (Å²) in [6.07, 6.45) is 0. The van der Waals surface area contributed by atoms with Gasteiger partial charge < -0.3 is 14.8 Å². The van der Waals surface area contributed by atoms with E-state index in [0.717, 1.165) is 26.7 Å². The van der Waals surface area contributed by atoms with Crippen molar-refractivity contribution >= 4 is 44.1 Å². The SMILES string of the molecule is CCOC(=O)c1c(-c2ccc(C)c(C)c2)csc1NC(=O)COc1ccc(Br)cc1C(C)C. The fraction of sp³-hybridized carbons (Fsp3) is 0.308. The number of halogens is 1. The Morgan fingerprint density at radius 2 is 1.85 bits per heavy atom. The summed E-state index contributed by atoms with van der Waals surface area (Å²) in [6.45, 7) is 10.1. The Labute approximate surface area is 207 Å². The molecule has 0 aliphatic rings. The molecule has 0 bridgehead atoms. The van der Waals surface area contributed by atoms with E-state index in [9.17, 15) is 9.59 Å². The van der Waals surface area contributed by atoms with Crippen LogP contribution < -0.4 is 10.1 Å². The highest BCUT2D eigenvalue weighted by Crippen LogP contribution is 2.37. The number of carbonyl (C=O) groups is 2. The third-order valence-electron chi connectivity index (χ3n) is 5.29. The standard InChI is InChI=1S/C26H28BrNO4S/c1-6-31-26(30)24-21(18-8-7-16(4)17(5)11-18)14-33-25(24)28-23(29)13-32-22-10-9-19(27)12-20(22)15(2)3/h7-12,14-15H,6,13H2,1-5H3,(H,28,29). The Balaban J connectivity index is 1.83. The molecule has 0 atom stereocenters. The molecule has 174 valence electrons. The van der Waals surface area contributed by atoms with Crippen molar-refractivity contribution in [3.63, 3.8) is 0 Å². The van der Waals surface area contributed by atoms with Crippen LogP contribution in [0.15, 0.2) is 46.3 Å². The Morgan fingerprint density at radius 3 is 2.52 bits per heavy atom. The quantitative estimate of drug-likeness (QED) is 0.315. The predicted molar refractivity (Wildman–Crippen MR) is 138 cm³/mol. The van der Waals surface area contributed by atoms with Gasteiger partial charge >= 0.3 is 5.97 Å². The summed E-state index contributed by atoms with van der Waals surface area (Å²) in [7, 11) is 0. The second kappa shape index (κ2) is 11.0. The molecule has 0 spiro atoms. The van der Waals surface area contributed by atoms with Crippen LogP contribution in [0.5, 0.6) is 5.75 Å². The smallest absolute Gasteiger partial charge is 0.341 e. The number of benzene rings is 2. The van der Waals surface area contributed by atoms with Crippen LogP contribution in [-0.2, 0) is 9.53 Å². The summed E-state index contributed by atoms with van der Waals surface area (Å²) in [6, 6.07) is 11.8. The van der Waals surface area contributed by atoms with Crippen LogP contribution in [0, 0.1) is 13.8 Å². The average molecular weight is 530 g/mol. The predicted octanol–water partition coefficient (Wildman–Crippen LogP) is 7.11. The van der Waals surface area contributed by atoms with Gasteiger partial charge in [-0.1, -0.05) is 48.0 Å². The number of esters is 1. The zero-order valence-electron chi connectivity index (χ0n) is 19.5. The molecule has 0 aliphatic heterocycles. The van der Waals surface area contributed by atoms with E-state index in [-0.39, 0.29) is 25.0 Å². The van der Waals surface area contributed by atoms with Crippen molar-refractivity contribution in [1.29, 1.82) is 0 Å². The molecule has 1 N–H and O–H groups in total. The summed E-state index contributed by atoms with van der Waals surface area (Å²) in [5.41, 5.74) is 5.33. The number of aryl methyl sites for hydroxylation is 2. The fourth-order valence-electron chi connectivity index (χ4n) is 3.39. The highest BCUT2D eigenvalue weighted by atomic mass is 79.9. The molecule has 1 amide bonds. The van der Waals surface area contributed by atoms with Gasteiger partial charge in [-0.05, 0) is 67.1 Å². The van der Waals surface area contributed by atoms with Gasteiger partial charge in [0, 0.05) is 15.4 Å². The second-order valence-corrected chi connectivity index (χ2v) is 9.84. The Kier molecular flexibility index (Phi) is 8.32. The summed E-state index contributed by atoms with van der Waals surface area (Å²) >= 11 is 4.78. The van der Waals surface area contributed by atoms with Crippen molar-refractivity contribution in [2.24, 2.45) is 0 Å². The molecule has 33 heavy (non-hydrogen) atoms.